The van der Waals surface area contributed by atoms with Crippen LogP contribution in [0.15, 0.2) is 18.3 Å². The fraction of sp³-hybridized carbons (Fsp3) is 0.500. The Morgan fingerprint density at radius 1 is 1.69 bits per heavy atom. The van der Waals surface area contributed by atoms with Crippen molar-refractivity contribution >= 4 is 5.97 Å². The Hall–Kier alpha value is -1.25. The maximum absolute atomic E-state index is 10.9. The Labute approximate surface area is 77.8 Å². The second-order valence-electron chi connectivity index (χ2n) is 3.16. The van der Waals surface area contributed by atoms with Crippen molar-refractivity contribution in [1.29, 1.82) is 0 Å². The maximum Gasteiger partial charge on any atom is 0.312 e. The van der Waals surface area contributed by atoms with E-state index in [9.17, 15) is 4.79 Å². The van der Waals surface area contributed by atoms with E-state index in [4.69, 9.17) is 5.11 Å². The van der Waals surface area contributed by atoms with Crippen LogP contribution < -0.4 is 0 Å². The van der Waals surface area contributed by atoms with Gasteiger partial charge in [-0.2, -0.15) is 0 Å². The van der Waals surface area contributed by atoms with E-state index in [0.29, 0.717) is 6.42 Å². The second kappa shape index (κ2) is 4.70. The van der Waals surface area contributed by atoms with Crippen molar-refractivity contribution in [3.63, 3.8) is 0 Å². The van der Waals surface area contributed by atoms with Crippen molar-refractivity contribution in [2.24, 2.45) is 0 Å². The number of rotatable bonds is 5. The summed E-state index contributed by atoms with van der Waals surface area (Å²) in [5.74, 6) is -1.11. The second-order valence-corrected chi connectivity index (χ2v) is 3.16. The molecule has 0 saturated heterocycles. The number of hydrogen-bond acceptors (Lipinski definition) is 1. The number of unbranched alkanes of at least 4 members (excludes halogenated alkanes) is 1. The van der Waals surface area contributed by atoms with Crippen LogP contribution in [-0.4, -0.2) is 16.1 Å². The van der Waals surface area contributed by atoms with Gasteiger partial charge >= 0.3 is 5.97 Å². The number of aromatic amines is 1. The first-order valence-electron chi connectivity index (χ1n) is 4.61. The third-order valence-corrected chi connectivity index (χ3v) is 2.14. The highest BCUT2D eigenvalue weighted by atomic mass is 16.4. The Balaban J connectivity index is 2.63. The largest absolute Gasteiger partial charge is 0.481 e. The minimum atomic E-state index is -0.740. The standard InChI is InChI=1S/C10H15NO2/c1-2-3-5-8(10(12)13)9-6-4-7-11-9/h4,6-8,11H,2-3,5H2,1H3,(H,12,13). The van der Waals surface area contributed by atoms with Crippen LogP contribution in [0.4, 0.5) is 0 Å². The number of aromatic nitrogens is 1. The first kappa shape index (κ1) is 9.84. The molecule has 72 valence electrons. The summed E-state index contributed by atoms with van der Waals surface area (Å²) in [6.45, 7) is 2.06. The fourth-order valence-corrected chi connectivity index (χ4v) is 1.38. The first-order valence-corrected chi connectivity index (χ1v) is 4.61. The zero-order valence-corrected chi connectivity index (χ0v) is 7.79. The minimum Gasteiger partial charge on any atom is -0.481 e. The summed E-state index contributed by atoms with van der Waals surface area (Å²) in [7, 11) is 0. The van der Waals surface area contributed by atoms with Gasteiger partial charge in [0, 0.05) is 11.9 Å². The molecule has 3 nitrogen and oxygen atoms in total. The lowest BCUT2D eigenvalue weighted by Gasteiger charge is -2.09. The summed E-state index contributed by atoms with van der Waals surface area (Å²) < 4.78 is 0. The molecule has 13 heavy (non-hydrogen) atoms. The van der Waals surface area contributed by atoms with Crippen LogP contribution in [-0.2, 0) is 4.79 Å². The van der Waals surface area contributed by atoms with E-state index in [1.54, 1.807) is 6.20 Å². The molecule has 0 aliphatic rings. The fourth-order valence-electron chi connectivity index (χ4n) is 1.38. The Kier molecular flexibility index (Phi) is 3.55. The van der Waals surface area contributed by atoms with E-state index in [0.717, 1.165) is 18.5 Å². The summed E-state index contributed by atoms with van der Waals surface area (Å²) >= 11 is 0. The van der Waals surface area contributed by atoms with E-state index >= 15 is 0 Å². The highest BCUT2D eigenvalue weighted by Crippen LogP contribution is 2.20. The van der Waals surface area contributed by atoms with Gasteiger partial charge < -0.3 is 10.1 Å². The normalized spacial score (nSPS) is 12.7. The van der Waals surface area contributed by atoms with Gasteiger partial charge in [0.1, 0.15) is 0 Å². The van der Waals surface area contributed by atoms with E-state index in [1.807, 2.05) is 12.1 Å². The quantitative estimate of drug-likeness (QED) is 0.732. The molecule has 1 heterocycles. The SMILES string of the molecule is CCCCC(C(=O)O)c1ccc[nH]1. The molecule has 0 bridgehead atoms. The molecule has 1 aromatic rings. The smallest absolute Gasteiger partial charge is 0.312 e. The first-order chi connectivity index (χ1) is 6.25. The summed E-state index contributed by atoms with van der Waals surface area (Å²) in [4.78, 5) is 13.8. The number of carboxylic acids is 1. The van der Waals surface area contributed by atoms with Gasteiger partial charge in [0.05, 0.1) is 5.92 Å². The maximum atomic E-state index is 10.9. The third kappa shape index (κ3) is 2.61. The zero-order chi connectivity index (χ0) is 9.68. The molecule has 2 N–H and O–H groups in total. The van der Waals surface area contributed by atoms with E-state index in [1.165, 1.54) is 0 Å². The Morgan fingerprint density at radius 3 is 2.92 bits per heavy atom. The van der Waals surface area contributed by atoms with Gasteiger partial charge in [-0.3, -0.25) is 4.79 Å². The van der Waals surface area contributed by atoms with Crippen molar-refractivity contribution in [2.75, 3.05) is 0 Å². The van der Waals surface area contributed by atoms with Crippen molar-refractivity contribution in [3.8, 4) is 0 Å². The molecule has 1 aromatic heterocycles. The van der Waals surface area contributed by atoms with Crippen molar-refractivity contribution in [3.05, 3.63) is 24.0 Å². The monoisotopic (exact) mass is 181 g/mol. The lowest BCUT2D eigenvalue weighted by Crippen LogP contribution is -2.11. The molecule has 0 amide bonds. The zero-order valence-electron chi connectivity index (χ0n) is 7.79. The molecule has 3 heteroatoms. The van der Waals surface area contributed by atoms with Crippen molar-refractivity contribution in [1.82, 2.24) is 4.98 Å². The highest BCUT2D eigenvalue weighted by molar-refractivity contribution is 5.75. The molecular weight excluding hydrogens is 166 g/mol. The average Bonchev–Trinajstić information content (AvgIpc) is 2.57. The number of H-pyrrole nitrogens is 1. The van der Waals surface area contributed by atoms with Crippen LogP contribution >= 0.6 is 0 Å². The van der Waals surface area contributed by atoms with Crippen LogP contribution in [0, 0.1) is 0 Å². The number of hydrogen-bond donors (Lipinski definition) is 2. The van der Waals surface area contributed by atoms with E-state index in [-0.39, 0.29) is 5.92 Å². The third-order valence-electron chi connectivity index (χ3n) is 2.14. The predicted octanol–water partition coefficient (Wildman–Crippen LogP) is 2.37. The molecule has 1 atom stereocenters. The molecular formula is C10H15NO2. The van der Waals surface area contributed by atoms with Gasteiger partial charge in [0.15, 0.2) is 0 Å². The lowest BCUT2D eigenvalue weighted by atomic mass is 9.99. The van der Waals surface area contributed by atoms with E-state index in [2.05, 4.69) is 11.9 Å². The highest BCUT2D eigenvalue weighted by Gasteiger charge is 2.19. The van der Waals surface area contributed by atoms with Crippen LogP contribution in [0.3, 0.4) is 0 Å². The van der Waals surface area contributed by atoms with E-state index < -0.39 is 5.97 Å². The van der Waals surface area contributed by atoms with Crippen molar-refractivity contribution < 1.29 is 9.90 Å². The summed E-state index contributed by atoms with van der Waals surface area (Å²) in [5.41, 5.74) is 0.806. The van der Waals surface area contributed by atoms with Gasteiger partial charge in [-0.15, -0.1) is 0 Å². The molecule has 0 fully saturated rings. The van der Waals surface area contributed by atoms with Gasteiger partial charge in [-0.1, -0.05) is 19.8 Å². The molecule has 0 aromatic carbocycles. The van der Waals surface area contributed by atoms with Gasteiger partial charge in [0.2, 0.25) is 0 Å². The van der Waals surface area contributed by atoms with Crippen LogP contribution in [0.1, 0.15) is 37.8 Å². The summed E-state index contributed by atoms with van der Waals surface area (Å²) in [5, 5.41) is 8.95. The number of carbonyl (C=O) groups is 1. The van der Waals surface area contributed by atoms with Crippen molar-refractivity contribution in [2.45, 2.75) is 32.1 Å². The number of carboxylic acid groups (broad SMARTS) is 1. The molecule has 0 saturated carbocycles. The average molecular weight is 181 g/mol. The Bertz CT molecular complexity index is 254. The summed E-state index contributed by atoms with van der Waals surface area (Å²) in [6, 6.07) is 3.66. The van der Waals surface area contributed by atoms with Gasteiger partial charge in [0.25, 0.3) is 0 Å². The van der Waals surface area contributed by atoms with Gasteiger partial charge in [-0.25, -0.2) is 0 Å². The minimum absolute atomic E-state index is 0.366. The van der Waals surface area contributed by atoms with Crippen LogP contribution in [0.25, 0.3) is 0 Å². The molecule has 0 radical (unpaired) electrons. The molecule has 0 aliphatic heterocycles. The lowest BCUT2D eigenvalue weighted by molar-refractivity contribution is -0.139. The van der Waals surface area contributed by atoms with Gasteiger partial charge in [-0.05, 0) is 18.6 Å². The molecule has 0 spiro atoms. The molecule has 0 aliphatic carbocycles. The number of aliphatic carboxylic acids is 1. The predicted molar refractivity (Wildman–Crippen MR) is 50.7 cm³/mol. The molecule has 1 unspecified atom stereocenters. The molecule has 1 rings (SSSR count). The summed E-state index contributed by atoms with van der Waals surface area (Å²) in [6.07, 6.45) is 4.46. The topological polar surface area (TPSA) is 53.1 Å². The Morgan fingerprint density at radius 2 is 2.46 bits per heavy atom. The van der Waals surface area contributed by atoms with Crippen LogP contribution in [0.5, 0.6) is 0 Å². The number of nitrogens with one attached hydrogen (secondary N) is 1. The van der Waals surface area contributed by atoms with Crippen LogP contribution in [0.2, 0.25) is 0 Å².